The van der Waals surface area contributed by atoms with Crippen LogP contribution in [0.4, 0.5) is 0 Å². The molecular formula is C26H27ClO3. The molecule has 156 valence electrons. The Balaban J connectivity index is 2.20. The van der Waals surface area contributed by atoms with E-state index in [2.05, 4.69) is 0 Å². The summed E-state index contributed by atoms with van der Waals surface area (Å²) in [6.45, 7) is 9.57. The predicted octanol–water partition coefficient (Wildman–Crippen LogP) is 6.88. The first kappa shape index (κ1) is 21.9. The third-order valence-corrected chi connectivity index (χ3v) is 5.02. The Bertz CT molecular complexity index is 951. The molecule has 3 rings (SSSR count). The fraction of sp³-hybridized carbons (Fsp3) is 0.269. The summed E-state index contributed by atoms with van der Waals surface area (Å²) in [4.78, 5) is 13.8. The van der Waals surface area contributed by atoms with Crippen LogP contribution in [0, 0.1) is 19.3 Å². The van der Waals surface area contributed by atoms with Crippen LogP contribution in [0.15, 0.2) is 72.8 Å². The Morgan fingerprint density at radius 3 is 1.47 bits per heavy atom. The molecule has 0 aliphatic rings. The molecule has 0 spiro atoms. The highest BCUT2D eigenvalue weighted by Gasteiger charge is 2.50. The van der Waals surface area contributed by atoms with E-state index in [0.29, 0.717) is 22.1 Å². The molecule has 0 bridgehead atoms. The quantitative estimate of drug-likeness (QED) is 0.406. The molecule has 0 fully saturated rings. The Labute approximate surface area is 183 Å². The van der Waals surface area contributed by atoms with Crippen molar-refractivity contribution in [2.24, 2.45) is 5.41 Å². The van der Waals surface area contributed by atoms with E-state index in [1.807, 2.05) is 83.1 Å². The molecular weight excluding hydrogens is 396 g/mol. The molecule has 0 saturated heterocycles. The van der Waals surface area contributed by atoms with Crippen molar-refractivity contribution in [3.05, 3.63) is 94.5 Å². The Morgan fingerprint density at radius 2 is 1.10 bits per heavy atom. The Morgan fingerprint density at radius 1 is 0.700 bits per heavy atom. The highest BCUT2D eigenvalue weighted by molar-refractivity contribution is 6.30. The number of rotatable bonds is 6. The topological polar surface area (TPSA) is 35.5 Å². The van der Waals surface area contributed by atoms with E-state index < -0.39 is 11.2 Å². The molecule has 0 aromatic heterocycles. The number of hydrogen-bond donors (Lipinski definition) is 0. The van der Waals surface area contributed by atoms with Crippen LogP contribution in [-0.4, -0.2) is 5.78 Å². The van der Waals surface area contributed by atoms with Crippen LogP contribution < -0.4 is 9.47 Å². The smallest absolute Gasteiger partial charge is 0.339 e. The van der Waals surface area contributed by atoms with Crippen molar-refractivity contribution in [1.29, 1.82) is 0 Å². The minimum Gasteiger partial charge on any atom is -0.442 e. The van der Waals surface area contributed by atoms with E-state index in [0.717, 1.165) is 11.1 Å². The normalized spacial score (nSPS) is 11.8. The zero-order chi connectivity index (χ0) is 21.9. The zero-order valence-electron chi connectivity index (χ0n) is 18.0. The van der Waals surface area contributed by atoms with Crippen LogP contribution in [-0.2, 0) is 10.6 Å². The molecule has 0 radical (unpaired) electrons. The van der Waals surface area contributed by atoms with Crippen molar-refractivity contribution >= 4 is 17.4 Å². The average Bonchev–Trinajstić information content (AvgIpc) is 2.70. The second-order valence-electron chi connectivity index (χ2n) is 8.53. The number of ketones is 1. The first-order valence-electron chi connectivity index (χ1n) is 9.92. The highest BCUT2D eigenvalue weighted by Crippen LogP contribution is 2.38. The molecule has 4 heteroatoms. The van der Waals surface area contributed by atoms with Crippen LogP contribution >= 0.6 is 11.6 Å². The molecule has 0 amide bonds. The van der Waals surface area contributed by atoms with Gasteiger partial charge in [-0.25, -0.2) is 0 Å². The molecule has 0 atom stereocenters. The van der Waals surface area contributed by atoms with E-state index in [-0.39, 0.29) is 5.78 Å². The van der Waals surface area contributed by atoms with Gasteiger partial charge in [-0.15, -0.1) is 0 Å². The molecule has 0 aliphatic carbocycles. The highest BCUT2D eigenvalue weighted by atomic mass is 35.5. The molecule has 0 saturated carbocycles. The van der Waals surface area contributed by atoms with Gasteiger partial charge in [-0.1, -0.05) is 67.8 Å². The van der Waals surface area contributed by atoms with E-state index in [1.54, 1.807) is 24.3 Å². The Hall–Kier alpha value is -2.78. The van der Waals surface area contributed by atoms with Gasteiger partial charge in [-0.05, 0) is 62.4 Å². The summed E-state index contributed by atoms with van der Waals surface area (Å²) in [5, 5.41) is 0.571. The predicted molar refractivity (Wildman–Crippen MR) is 121 cm³/mol. The number of benzene rings is 3. The molecule has 3 nitrogen and oxygen atoms in total. The van der Waals surface area contributed by atoms with Crippen molar-refractivity contribution in [3.8, 4) is 11.5 Å². The fourth-order valence-electron chi connectivity index (χ4n) is 3.07. The molecule has 0 N–H and O–H groups in total. The third-order valence-electron chi connectivity index (χ3n) is 4.77. The van der Waals surface area contributed by atoms with E-state index in [1.165, 1.54) is 0 Å². The second-order valence-corrected chi connectivity index (χ2v) is 8.97. The number of ether oxygens (including phenoxy) is 2. The zero-order valence-corrected chi connectivity index (χ0v) is 18.8. The molecule has 30 heavy (non-hydrogen) atoms. The van der Waals surface area contributed by atoms with Gasteiger partial charge in [-0.3, -0.25) is 4.79 Å². The SMILES string of the molecule is Cc1ccc(OC(Oc2ccc(C)cc2)(C(=O)C(C)(C)C)c2ccc(Cl)cc2)cc1. The van der Waals surface area contributed by atoms with Crippen molar-refractivity contribution in [3.63, 3.8) is 0 Å². The van der Waals surface area contributed by atoms with Crippen molar-refractivity contribution < 1.29 is 14.3 Å². The van der Waals surface area contributed by atoms with Crippen LogP contribution in [0.25, 0.3) is 0 Å². The molecule has 3 aromatic carbocycles. The maximum Gasteiger partial charge on any atom is 0.339 e. The van der Waals surface area contributed by atoms with Crippen LogP contribution in [0.3, 0.4) is 0 Å². The summed E-state index contributed by atoms with van der Waals surface area (Å²) in [7, 11) is 0. The summed E-state index contributed by atoms with van der Waals surface area (Å²) in [5.74, 6) is -0.785. The van der Waals surface area contributed by atoms with E-state index in [4.69, 9.17) is 21.1 Å². The van der Waals surface area contributed by atoms with E-state index in [9.17, 15) is 4.79 Å². The minimum atomic E-state index is -1.67. The van der Waals surface area contributed by atoms with Gasteiger partial charge in [0.2, 0.25) is 5.78 Å². The van der Waals surface area contributed by atoms with Crippen LogP contribution in [0.2, 0.25) is 5.02 Å². The lowest BCUT2D eigenvalue weighted by Crippen LogP contribution is -2.52. The standard InChI is InChI=1S/C26H27ClO3/c1-18-6-14-22(15-7-18)29-26(24(28)25(3,4)5,20-10-12-21(27)13-11-20)30-23-16-8-19(2)9-17-23/h6-17H,1-5H3. The molecule has 0 aliphatic heterocycles. The van der Waals surface area contributed by atoms with E-state index >= 15 is 0 Å². The largest absolute Gasteiger partial charge is 0.442 e. The number of Topliss-reactive ketones (excluding diaryl/α,β-unsaturated/α-hetero) is 1. The summed E-state index contributed by atoms with van der Waals surface area (Å²) in [5.41, 5.74) is 2.05. The lowest BCUT2D eigenvalue weighted by atomic mass is 9.82. The molecule has 0 unspecified atom stereocenters. The Kier molecular flexibility index (Phi) is 6.23. The third kappa shape index (κ3) is 4.85. The van der Waals surface area contributed by atoms with Crippen molar-refractivity contribution in [2.45, 2.75) is 40.4 Å². The monoisotopic (exact) mass is 422 g/mol. The number of hydrogen-bond acceptors (Lipinski definition) is 3. The number of halogens is 1. The summed E-state index contributed by atoms with van der Waals surface area (Å²) >= 11 is 6.12. The molecule has 3 aromatic rings. The summed E-state index contributed by atoms with van der Waals surface area (Å²) < 4.78 is 12.8. The van der Waals surface area contributed by atoms with Crippen molar-refractivity contribution in [1.82, 2.24) is 0 Å². The first-order chi connectivity index (χ1) is 14.1. The number of carbonyl (C=O) groups is 1. The number of carbonyl (C=O) groups excluding carboxylic acids is 1. The molecule has 0 heterocycles. The second kappa shape index (κ2) is 8.53. The van der Waals surface area contributed by atoms with Gasteiger partial charge < -0.3 is 9.47 Å². The fourth-order valence-corrected chi connectivity index (χ4v) is 3.20. The lowest BCUT2D eigenvalue weighted by molar-refractivity contribution is -0.176. The minimum absolute atomic E-state index is 0.196. The van der Waals surface area contributed by atoms with Gasteiger partial charge in [0.1, 0.15) is 11.5 Å². The van der Waals surface area contributed by atoms with Crippen molar-refractivity contribution in [2.75, 3.05) is 0 Å². The van der Waals surface area contributed by atoms with Gasteiger partial charge in [-0.2, -0.15) is 0 Å². The first-order valence-corrected chi connectivity index (χ1v) is 10.3. The van der Waals surface area contributed by atoms with Gasteiger partial charge in [0.25, 0.3) is 0 Å². The van der Waals surface area contributed by atoms with Crippen LogP contribution in [0.5, 0.6) is 11.5 Å². The van der Waals surface area contributed by atoms with Gasteiger partial charge in [0, 0.05) is 16.0 Å². The number of aryl methyl sites for hydroxylation is 2. The maximum absolute atomic E-state index is 13.8. The van der Waals surface area contributed by atoms with Gasteiger partial charge in [0.15, 0.2) is 0 Å². The van der Waals surface area contributed by atoms with Gasteiger partial charge in [0.05, 0.1) is 0 Å². The average molecular weight is 423 g/mol. The maximum atomic E-state index is 13.8. The van der Waals surface area contributed by atoms with Crippen LogP contribution in [0.1, 0.15) is 37.5 Å². The summed E-state index contributed by atoms with van der Waals surface area (Å²) in [6, 6.07) is 22.1. The summed E-state index contributed by atoms with van der Waals surface area (Å²) in [6.07, 6.45) is 0. The van der Waals surface area contributed by atoms with Gasteiger partial charge >= 0.3 is 5.79 Å². The lowest BCUT2D eigenvalue weighted by Gasteiger charge is -2.37.